The van der Waals surface area contributed by atoms with Crippen molar-refractivity contribution in [1.29, 1.82) is 0 Å². The Morgan fingerprint density at radius 2 is 2.04 bits per heavy atom. The Kier molecular flexibility index (Phi) is 3.93. The molecular formula is C18H13ClN4O3. The number of halogens is 1. The number of H-pyrrole nitrogens is 1. The Labute approximate surface area is 151 Å². The molecule has 0 fully saturated rings. The van der Waals surface area contributed by atoms with Crippen LogP contribution in [0.25, 0.3) is 22.0 Å². The van der Waals surface area contributed by atoms with Gasteiger partial charge in [0.1, 0.15) is 5.52 Å². The molecule has 0 aliphatic rings. The van der Waals surface area contributed by atoms with E-state index in [1.165, 1.54) is 12.3 Å². The van der Waals surface area contributed by atoms with Crippen molar-refractivity contribution in [2.45, 2.75) is 13.0 Å². The second-order valence-electron chi connectivity index (χ2n) is 5.85. The summed E-state index contributed by atoms with van der Waals surface area (Å²) in [6, 6.07) is 9.57. The summed E-state index contributed by atoms with van der Waals surface area (Å²) in [7, 11) is 0. The van der Waals surface area contributed by atoms with E-state index in [1.807, 2.05) is 6.92 Å². The van der Waals surface area contributed by atoms with E-state index in [0.29, 0.717) is 33.2 Å². The molecule has 0 aliphatic carbocycles. The van der Waals surface area contributed by atoms with Crippen molar-refractivity contribution in [1.82, 2.24) is 15.0 Å². The molecule has 2 N–H and O–H groups in total. The molecule has 1 aromatic carbocycles. The number of aromatic nitrogens is 3. The topological polar surface area (TPSA) is 101 Å². The van der Waals surface area contributed by atoms with Crippen LogP contribution < -0.4 is 16.5 Å². The molecule has 0 bridgehead atoms. The SMILES string of the molecule is CC(Nc1ncc2oc(=O)ccc2n1)c1cc2cc(Cl)ccc2[nH]c1=O. The molecule has 7 nitrogen and oxygen atoms in total. The van der Waals surface area contributed by atoms with Crippen LogP contribution in [0.1, 0.15) is 18.5 Å². The zero-order chi connectivity index (χ0) is 18.3. The first-order valence-corrected chi connectivity index (χ1v) is 8.23. The van der Waals surface area contributed by atoms with E-state index >= 15 is 0 Å². The molecule has 0 radical (unpaired) electrons. The van der Waals surface area contributed by atoms with Crippen LogP contribution in [0.5, 0.6) is 0 Å². The molecule has 3 aromatic heterocycles. The van der Waals surface area contributed by atoms with Gasteiger partial charge in [0.25, 0.3) is 5.56 Å². The predicted octanol–water partition coefficient (Wildman–Crippen LogP) is 3.25. The highest BCUT2D eigenvalue weighted by molar-refractivity contribution is 6.31. The number of hydrogen-bond acceptors (Lipinski definition) is 6. The quantitative estimate of drug-likeness (QED) is 0.575. The van der Waals surface area contributed by atoms with Crippen LogP contribution in [-0.2, 0) is 0 Å². The van der Waals surface area contributed by atoms with E-state index in [2.05, 4.69) is 20.3 Å². The third-order valence-corrected chi connectivity index (χ3v) is 4.25. The van der Waals surface area contributed by atoms with Gasteiger partial charge in [0.15, 0.2) is 5.58 Å². The molecule has 0 aliphatic heterocycles. The Balaban J connectivity index is 1.69. The largest absolute Gasteiger partial charge is 0.419 e. The standard InChI is InChI=1S/C18H13ClN4O3/c1-9(12-7-10-6-11(19)2-3-13(10)22-17(12)25)21-18-20-8-15-14(23-18)4-5-16(24)26-15/h2-9H,1H3,(H,22,25)(H,20,21,23). The second-order valence-corrected chi connectivity index (χ2v) is 6.29. The van der Waals surface area contributed by atoms with Crippen molar-refractivity contribution in [2.24, 2.45) is 0 Å². The first kappa shape index (κ1) is 16.3. The lowest BCUT2D eigenvalue weighted by molar-refractivity contribution is 0.558. The molecule has 130 valence electrons. The molecule has 4 aromatic rings. The lowest BCUT2D eigenvalue weighted by Gasteiger charge is -2.14. The van der Waals surface area contributed by atoms with Crippen LogP contribution in [0.3, 0.4) is 0 Å². The van der Waals surface area contributed by atoms with Crippen LogP contribution in [0, 0.1) is 0 Å². The summed E-state index contributed by atoms with van der Waals surface area (Å²) in [4.78, 5) is 34.9. The molecule has 1 atom stereocenters. The molecular weight excluding hydrogens is 356 g/mol. The fourth-order valence-corrected chi connectivity index (χ4v) is 2.91. The van der Waals surface area contributed by atoms with Gasteiger partial charge in [-0.3, -0.25) is 4.79 Å². The summed E-state index contributed by atoms with van der Waals surface area (Å²) in [5.41, 5.74) is 1.38. The van der Waals surface area contributed by atoms with Gasteiger partial charge in [-0.1, -0.05) is 11.6 Å². The second kappa shape index (κ2) is 6.27. The number of nitrogens with one attached hydrogen (secondary N) is 2. The van der Waals surface area contributed by atoms with Gasteiger partial charge in [-0.25, -0.2) is 14.8 Å². The number of hydrogen-bond donors (Lipinski definition) is 2. The van der Waals surface area contributed by atoms with E-state index in [-0.39, 0.29) is 11.6 Å². The normalized spacial score (nSPS) is 12.4. The van der Waals surface area contributed by atoms with Crippen molar-refractivity contribution < 1.29 is 4.42 Å². The van der Waals surface area contributed by atoms with Gasteiger partial charge in [0.05, 0.1) is 12.2 Å². The summed E-state index contributed by atoms with van der Waals surface area (Å²) in [6.45, 7) is 1.83. The predicted molar refractivity (Wildman–Crippen MR) is 99.7 cm³/mol. The van der Waals surface area contributed by atoms with E-state index in [0.717, 1.165) is 5.39 Å². The minimum atomic E-state index is -0.462. The fourth-order valence-electron chi connectivity index (χ4n) is 2.73. The number of fused-ring (bicyclic) bond motifs is 2. The number of anilines is 1. The van der Waals surface area contributed by atoms with Crippen LogP contribution in [-0.4, -0.2) is 15.0 Å². The molecule has 4 rings (SSSR count). The van der Waals surface area contributed by atoms with Crippen molar-refractivity contribution in [3.05, 3.63) is 74.0 Å². The number of nitrogens with zero attached hydrogens (tertiary/aromatic N) is 2. The van der Waals surface area contributed by atoms with Crippen LogP contribution >= 0.6 is 11.6 Å². The first-order chi connectivity index (χ1) is 12.5. The van der Waals surface area contributed by atoms with Gasteiger partial charge in [0.2, 0.25) is 5.95 Å². The lowest BCUT2D eigenvalue weighted by Crippen LogP contribution is -2.20. The lowest BCUT2D eigenvalue weighted by atomic mass is 10.1. The summed E-state index contributed by atoms with van der Waals surface area (Å²) in [5.74, 6) is 0.324. The third kappa shape index (κ3) is 3.04. The molecule has 1 unspecified atom stereocenters. The Morgan fingerprint density at radius 1 is 1.19 bits per heavy atom. The highest BCUT2D eigenvalue weighted by atomic mass is 35.5. The summed E-state index contributed by atoms with van der Waals surface area (Å²) in [6.07, 6.45) is 1.42. The fraction of sp³-hybridized carbons (Fsp3) is 0.111. The smallest absolute Gasteiger partial charge is 0.336 e. The average molecular weight is 369 g/mol. The zero-order valence-corrected chi connectivity index (χ0v) is 14.4. The van der Waals surface area contributed by atoms with Crippen LogP contribution in [0.4, 0.5) is 5.95 Å². The Morgan fingerprint density at radius 3 is 2.88 bits per heavy atom. The van der Waals surface area contributed by atoms with Crippen molar-refractivity contribution >= 4 is 39.6 Å². The summed E-state index contributed by atoms with van der Waals surface area (Å²) >= 11 is 6.03. The number of aromatic amines is 1. The molecule has 26 heavy (non-hydrogen) atoms. The monoisotopic (exact) mass is 368 g/mol. The molecule has 3 heterocycles. The number of rotatable bonds is 3. The summed E-state index contributed by atoms with van der Waals surface area (Å²) in [5, 5.41) is 4.52. The van der Waals surface area contributed by atoms with Crippen LogP contribution in [0.2, 0.25) is 5.02 Å². The molecule has 0 saturated heterocycles. The average Bonchev–Trinajstić information content (AvgIpc) is 2.61. The first-order valence-electron chi connectivity index (χ1n) is 7.85. The van der Waals surface area contributed by atoms with Crippen molar-refractivity contribution in [2.75, 3.05) is 5.32 Å². The van der Waals surface area contributed by atoms with Gasteiger partial charge in [-0.15, -0.1) is 0 Å². The Bertz CT molecular complexity index is 1250. The van der Waals surface area contributed by atoms with Crippen molar-refractivity contribution in [3.8, 4) is 0 Å². The minimum Gasteiger partial charge on any atom is -0.419 e. The molecule has 0 amide bonds. The van der Waals surface area contributed by atoms with Gasteiger partial charge < -0.3 is 14.7 Å². The maximum Gasteiger partial charge on any atom is 0.336 e. The highest BCUT2D eigenvalue weighted by Gasteiger charge is 2.13. The maximum atomic E-state index is 12.4. The van der Waals surface area contributed by atoms with Crippen LogP contribution in [0.15, 0.2) is 56.6 Å². The van der Waals surface area contributed by atoms with Gasteiger partial charge in [0, 0.05) is 27.6 Å². The molecule has 0 saturated carbocycles. The highest BCUT2D eigenvalue weighted by Crippen LogP contribution is 2.21. The van der Waals surface area contributed by atoms with Gasteiger partial charge in [-0.2, -0.15) is 0 Å². The van der Waals surface area contributed by atoms with E-state index in [4.69, 9.17) is 16.0 Å². The number of pyridine rings is 1. The molecule has 0 spiro atoms. The van der Waals surface area contributed by atoms with E-state index in [9.17, 15) is 9.59 Å². The van der Waals surface area contributed by atoms with E-state index < -0.39 is 5.63 Å². The van der Waals surface area contributed by atoms with Crippen molar-refractivity contribution in [3.63, 3.8) is 0 Å². The minimum absolute atomic E-state index is 0.202. The maximum absolute atomic E-state index is 12.4. The van der Waals surface area contributed by atoms with Gasteiger partial charge in [-0.05, 0) is 37.3 Å². The van der Waals surface area contributed by atoms with Gasteiger partial charge >= 0.3 is 5.63 Å². The number of benzene rings is 1. The zero-order valence-electron chi connectivity index (χ0n) is 13.6. The molecule has 8 heteroatoms. The third-order valence-electron chi connectivity index (χ3n) is 4.02. The Hall–Kier alpha value is -3.19. The van der Waals surface area contributed by atoms with E-state index in [1.54, 1.807) is 30.3 Å². The summed E-state index contributed by atoms with van der Waals surface area (Å²) < 4.78 is 5.01.